The van der Waals surface area contributed by atoms with Gasteiger partial charge in [-0.15, -0.1) is 0 Å². The molecule has 0 bridgehead atoms. The molecule has 0 spiro atoms. The van der Waals surface area contributed by atoms with Gasteiger partial charge in [0.05, 0.1) is 10.8 Å². The second-order valence-corrected chi connectivity index (χ2v) is 7.16. The topological polar surface area (TPSA) is 83.5 Å². The quantitative estimate of drug-likeness (QED) is 0.814. The van der Waals surface area contributed by atoms with Gasteiger partial charge in [0.15, 0.2) is 0 Å². The number of hydrogen-bond acceptors (Lipinski definition) is 3. The summed E-state index contributed by atoms with van der Waals surface area (Å²) in [4.78, 5) is 11.5. The van der Waals surface area contributed by atoms with E-state index in [-0.39, 0.29) is 17.9 Å². The van der Waals surface area contributed by atoms with E-state index in [1.165, 1.54) is 12.1 Å². The highest BCUT2D eigenvalue weighted by Crippen LogP contribution is 2.12. The average molecular weight is 333 g/mol. The van der Waals surface area contributed by atoms with Crippen molar-refractivity contribution in [2.24, 2.45) is 5.92 Å². The normalized spacial score (nSPS) is 12.7. The zero-order valence-electron chi connectivity index (χ0n) is 12.8. The lowest BCUT2D eigenvalue weighted by molar-refractivity contribution is -0.141. The SMILES string of the molecule is Cc1ccc(S(=O)(=O)NCC(Cc2ccccc2)C(=O)O)cc1. The van der Waals surface area contributed by atoms with E-state index >= 15 is 0 Å². The summed E-state index contributed by atoms with van der Waals surface area (Å²) >= 11 is 0. The zero-order chi connectivity index (χ0) is 16.9. The van der Waals surface area contributed by atoms with Crippen molar-refractivity contribution < 1.29 is 18.3 Å². The Hall–Kier alpha value is -2.18. The molecule has 23 heavy (non-hydrogen) atoms. The van der Waals surface area contributed by atoms with Gasteiger partial charge in [0.2, 0.25) is 10.0 Å². The van der Waals surface area contributed by atoms with Gasteiger partial charge in [-0.2, -0.15) is 0 Å². The summed E-state index contributed by atoms with van der Waals surface area (Å²) in [5.41, 5.74) is 1.81. The van der Waals surface area contributed by atoms with Crippen LogP contribution in [0.25, 0.3) is 0 Å². The molecular weight excluding hydrogens is 314 g/mol. The molecule has 2 aromatic carbocycles. The molecule has 6 heteroatoms. The number of hydrogen-bond donors (Lipinski definition) is 2. The fourth-order valence-electron chi connectivity index (χ4n) is 2.16. The van der Waals surface area contributed by atoms with Crippen molar-refractivity contribution in [1.82, 2.24) is 4.72 Å². The van der Waals surface area contributed by atoms with Crippen molar-refractivity contribution >= 4 is 16.0 Å². The van der Waals surface area contributed by atoms with Gasteiger partial charge < -0.3 is 5.11 Å². The summed E-state index contributed by atoms with van der Waals surface area (Å²) in [6.45, 7) is 1.71. The first-order valence-electron chi connectivity index (χ1n) is 7.21. The Kier molecular flexibility index (Phi) is 5.52. The minimum Gasteiger partial charge on any atom is -0.481 e. The van der Waals surface area contributed by atoms with Gasteiger partial charge in [-0.25, -0.2) is 13.1 Å². The van der Waals surface area contributed by atoms with Gasteiger partial charge >= 0.3 is 5.97 Å². The average Bonchev–Trinajstić information content (AvgIpc) is 2.52. The third-order valence-corrected chi connectivity index (χ3v) is 4.96. The Bertz CT molecular complexity index is 755. The number of carboxylic acids is 1. The van der Waals surface area contributed by atoms with Crippen molar-refractivity contribution in [3.05, 3.63) is 65.7 Å². The van der Waals surface area contributed by atoms with Crippen LogP contribution in [0.3, 0.4) is 0 Å². The van der Waals surface area contributed by atoms with Gasteiger partial charge in [0.25, 0.3) is 0 Å². The van der Waals surface area contributed by atoms with Crippen LogP contribution >= 0.6 is 0 Å². The molecule has 0 heterocycles. The summed E-state index contributed by atoms with van der Waals surface area (Å²) < 4.78 is 26.8. The molecule has 0 saturated carbocycles. The summed E-state index contributed by atoms with van der Waals surface area (Å²) in [5.74, 6) is -1.85. The Morgan fingerprint density at radius 3 is 2.26 bits per heavy atom. The van der Waals surface area contributed by atoms with Crippen LogP contribution in [0.4, 0.5) is 0 Å². The lowest BCUT2D eigenvalue weighted by atomic mass is 10.00. The molecular formula is C17H19NO4S. The standard InChI is InChI=1S/C17H19NO4S/c1-13-7-9-16(10-8-13)23(21,22)18-12-15(17(19)20)11-14-5-3-2-4-6-14/h2-10,15,18H,11-12H2,1H3,(H,19,20). The lowest BCUT2D eigenvalue weighted by Crippen LogP contribution is -2.34. The minimum absolute atomic E-state index is 0.131. The van der Waals surface area contributed by atoms with Crippen LogP contribution in [-0.2, 0) is 21.2 Å². The molecule has 0 radical (unpaired) electrons. The predicted molar refractivity (Wildman–Crippen MR) is 87.6 cm³/mol. The minimum atomic E-state index is -3.71. The van der Waals surface area contributed by atoms with E-state index in [9.17, 15) is 18.3 Å². The monoisotopic (exact) mass is 333 g/mol. The molecule has 0 saturated heterocycles. The Labute approximate surface area is 136 Å². The number of aryl methyl sites for hydroxylation is 1. The van der Waals surface area contributed by atoms with Crippen LogP contribution in [0.1, 0.15) is 11.1 Å². The van der Waals surface area contributed by atoms with Crippen molar-refractivity contribution in [3.63, 3.8) is 0 Å². The molecule has 2 rings (SSSR count). The van der Waals surface area contributed by atoms with Crippen molar-refractivity contribution in [1.29, 1.82) is 0 Å². The van der Waals surface area contributed by atoms with Gasteiger partial charge in [-0.1, -0.05) is 48.0 Å². The summed E-state index contributed by atoms with van der Waals surface area (Å²) in [5, 5.41) is 9.30. The van der Waals surface area contributed by atoms with E-state index < -0.39 is 21.9 Å². The fourth-order valence-corrected chi connectivity index (χ4v) is 3.24. The van der Waals surface area contributed by atoms with E-state index in [0.29, 0.717) is 0 Å². The third-order valence-electron chi connectivity index (χ3n) is 3.53. The second kappa shape index (κ2) is 7.39. The number of aliphatic carboxylic acids is 1. The summed E-state index contributed by atoms with van der Waals surface area (Å²) in [7, 11) is -3.71. The van der Waals surface area contributed by atoms with Crippen molar-refractivity contribution in [2.45, 2.75) is 18.2 Å². The molecule has 0 fully saturated rings. The number of carbonyl (C=O) groups is 1. The maximum Gasteiger partial charge on any atom is 0.308 e. The number of benzene rings is 2. The van der Waals surface area contributed by atoms with Gasteiger partial charge in [0.1, 0.15) is 0 Å². The van der Waals surface area contributed by atoms with E-state index in [4.69, 9.17) is 0 Å². The zero-order valence-corrected chi connectivity index (χ0v) is 13.6. The molecule has 5 nitrogen and oxygen atoms in total. The molecule has 0 aromatic heterocycles. The van der Waals surface area contributed by atoms with Gasteiger partial charge in [-0.3, -0.25) is 4.79 Å². The number of rotatable bonds is 7. The Morgan fingerprint density at radius 2 is 1.70 bits per heavy atom. The molecule has 0 aliphatic carbocycles. The van der Waals surface area contributed by atoms with Crippen molar-refractivity contribution in [2.75, 3.05) is 6.54 Å². The molecule has 2 N–H and O–H groups in total. The smallest absolute Gasteiger partial charge is 0.308 e. The third kappa shape index (κ3) is 4.91. The lowest BCUT2D eigenvalue weighted by Gasteiger charge is -2.14. The first kappa shape index (κ1) is 17.2. The number of nitrogens with one attached hydrogen (secondary N) is 1. The van der Waals surface area contributed by atoms with E-state index in [0.717, 1.165) is 11.1 Å². The maximum atomic E-state index is 12.2. The van der Waals surface area contributed by atoms with Crippen LogP contribution in [0, 0.1) is 12.8 Å². The molecule has 1 unspecified atom stereocenters. The van der Waals surface area contributed by atoms with Crippen LogP contribution < -0.4 is 4.72 Å². The Morgan fingerprint density at radius 1 is 1.09 bits per heavy atom. The van der Waals surface area contributed by atoms with E-state index in [1.54, 1.807) is 12.1 Å². The highest BCUT2D eigenvalue weighted by molar-refractivity contribution is 7.89. The predicted octanol–water partition coefficient (Wildman–Crippen LogP) is 2.22. The summed E-state index contributed by atoms with van der Waals surface area (Å²) in [6, 6.07) is 15.6. The molecule has 122 valence electrons. The molecule has 0 aliphatic rings. The van der Waals surface area contributed by atoms with E-state index in [2.05, 4.69) is 4.72 Å². The van der Waals surface area contributed by atoms with Crippen LogP contribution in [0.5, 0.6) is 0 Å². The van der Waals surface area contributed by atoms with Crippen LogP contribution in [0.15, 0.2) is 59.5 Å². The Balaban J connectivity index is 2.06. The second-order valence-electron chi connectivity index (χ2n) is 5.39. The summed E-state index contributed by atoms with van der Waals surface area (Å²) in [6.07, 6.45) is 0.270. The highest BCUT2D eigenvalue weighted by atomic mass is 32.2. The highest BCUT2D eigenvalue weighted by Gasteiger charge is 2.22. The molecule has 1 atom stereocenters. The fraction of sp³-hybridized carbons (Fsp3) is 0.235. The number of carboxylic acid groups (broad SMARTS) is 1. The molecule has 0 aliphatic heterocycles. The van der Waals surface area contributed by atoms with Gasteiger partial charge in [-0.05, 0) is 31.0 Å². The van der Waals surface area contributed by atoms with E-state index in [1.807, 2.05) is 37.3 Å². The van der Waals surface area contributed by atoms with Crippen molar-refractivity contribution in [3.8, 4) is 0 Å². The molecule has 2 aromatic rings. The molecule has 0 amide bonds. The first-order chi connectivity index (χ1) is 10.9. The van der Waals surface area contributed by atoms with Gasteiger partial charge in [0, 0.05) is 6.54 Å². The largest absolute Gasteiger partial charge is 0.481 e. The number of sulfonamides is 1. The maximum absolute atomic E-state index is 12.2. The van der Waals surface area contributed by atoms with Crippen LogP contribution in [0.2, 0.25) is 0 Å². The van der Waals surface area contributed by atoms with Crippen LogP contribution in [-0.4, -0.2) is 26.0 Å². The first-order valence-corrected chi connectivity index (χ1v) is 8.70.